The fraction of sp³-hybridized carbons (Fsp3) is 0.429. The summed E-state index contributed by atoms with van der Waals surface area (Å²) in [5.41, 5.74) is 4.05. The van der Waals surface area contributed by atoms with Gasteiger partial charge in [0.1, 0.15) is 0 Å². The van der Waals surface area contributed by atoms with Gasteiger partial charge < -0.3 is 0 Å². The second kappa shape index (κ2) is 6.80. The third kappa shape index (κ3) is 4.00. The molecular formula is C21H26N2O2S. The van der Waals surface area contributed by atoms with E-state index in [4.69, 9.17) is 0 Å². The first-order valence-electron chi connectivity index (χ1n) is 9.28. The maximum atomic E-state index is 11.4. The molecule has 4 rings (SSSR count). The molecule has 4 nitrogen and oxygen atoms in total. The predicted molar refractivity (Wildman–Crippen MR) is 105 cm³/mol. The summed E-state index contributed by atoms with van der Waals surface area (Å²) in [4.78, 5) is 2.48. The highest BCUT2D eigenvalue weighted by atomic mass is 32.2. The number of sulfonamides is 1. The number of likely N-dealkylation sites (tertiary alicyclic amines) is 1. The molecule has 2 fully saturated rings. The van der Waals surface area contributed by atoms with Gasteiger partial charge >= 0.3 is 0 Å². The van der Waals surface area contributed by atoms with E-state index in [0.29, 0.717) is 0 Å². The van der Waals surface area contributed by atoms with Gasteiger partial charge in [-0.2, -0.15) is 0 Å². The minimum atomic E-state index is -3.09. The number of nitrogens with zero attached hydrogens (tertiary/aromatic N) is 1. The zero-order valence-electron chi connectivity index (χ0n) is 15.2. The van der Waals surface area contributed by atoms with Crippen molar-refractivity contribution in [1.29, 1.82) is 0 Å². The van der Waals surface area contributed by atoms with Gasteiger partial charge in [-0.3, -0.25) is 4.90 Å². The second-order valence-corrected chi connectivity index (χ2v) is 9.63. The van der Waals surface area contributed by atoms with Crippen molar-refractivity contribution in [2.24, 2.45) is 5.41 Å². The molecule has 0 amide bonds. The summed E-state index contributed by atoms with van der Waals surface area (Å²) in [6.07, 6.45) is 4.43. The van der Waals surface area contributed by atoms with Gasteiger partial charge in [-0.15, -0.1) is 0 Å². The van der Waals surface area contributed by atoms with Crippen LogP contribution in [0.5, 0.6) is 0 Å². The van der Waals surface area contributed by atoms with Gasteiger partial charge in [-0.05, 0) is 54.5 Å². The van der Waals surface area contributed by atoms with Crippen molar-refractivity contribution in [3.8, 4) is 11.1 Å². The number of hydrogen-bond acceptors (Lipinski definition) is 3. The topological polar surface area (TPSA) is 49.4 Å². The standard InChI is InChI=1S/C21H26N2O2S/c1-26(24,25)22-20-15-21(20)11-13-23(14-12-21)16-17-7-9-19(10-8-17)18-5-3-2-4-6-18/h2-10,20,22H,11-16H2,1H3. The molecule has 138 valence electrons. The first kappa shape index (κ1) is 17.7. The molecule has 2 aromatic rings. The Morgan fingerprint density at radius 3 is 2.23 bits per heavy atom. The van der Waals surface area contributed by atoms with Gasteiger partial charge in [0.05, 0.1) is 6.26 Å². The molecule has 1 saturated carbocycles. The Balaban J connectivity index is 1.31. The lowest BCUT2D eigenvalue weighted by Crippen LogP contribution is -2.38. The van der Waals surface area contributed by atoms with Gasteiger partial charge in [0.2, 0.25) is 10.0 Å². The first-order chi connectivity index (χ1) is 12.4. The Kier molecular flexibility index (Phi) is 4.63. The molecule has 0 radical (unpaired) electrons. The smallest absolute Gasteiger partial charge is 0.208 e. The van der Waals surface area contributed by atoms with E-state index >= 15 is 0 Å². The van der Waals surface area contributed by atoms with Crippen LogP contribution in [-0.2, 0) is 16.6 Å². The molecule has 1 saturated heterocycles. The average molecular weight is 371 g/mol. The highest BCUT2D eigenvalue weighted by Gasteiger charge is 2.55. The monoisotopic (exact) mass is 370 g/mol. The Morgan fingerprint density at radius 2 is 1.62 bits per heavy atom. The van der Waals surface area contributed by atoms with E-state index in [9.17, 15) is 8.42 Å². The fourth-order valence-corrected chi connectivity index (χ4v) is 5.02. The highest BCUT2D eigenvalue weighted by Crippen LogP contribution is 2.54. The zero-order valence-corrected chi connectivity index (χ0v) is 16.0. The van der Waals surface area contributed by atoms with Gasteiger partial charge in [0.25, 0.3) is 0 Å². The van der Waals surface area contributed by atoms with Gasteiger partial charge in [0, 0.05) is 12.6 Å². The third-order valence-electron chi connectivity index (χ3n) is 5.87. The normalized spacial score (nSPS) is 22.4. The van der Waals surface area contributed by atoms with Gasteiger partial charge in [-0.1, -0.05) is 54.6 Å². The van der Waals surface area contributed by atoms with Crippen LogP contribution < -0.4 is 4.72 Å². The van der Waals surface area contributed by atoms with Gasteiger partial charge in [-0.25, -0.2) is 13.1 Å². The summed E-state index contributed by atoms with van der Waals surface area (Å²) >= 11 is 0. The Bertz CT molecular complexity index is 855. The van der Waals surface area contributed by atoms with E-state index in [1.54, 1.807) is 0 Å². The van der Waals surface area contributed by atoms with E-state index < -0.39 is 10.0 Å². The fourth-order valence-electron chi connectivity index (χ4n) is 4.17. The van der Waals surface area contributed by atoms with Crippen molar-refractivity contribution < 1.29 is 8.42 Å². The van der Waals surface area contributed by atoms with E-state index in [0.717, 1.165) is 38.9 Å². The molecule has 1 atom stereocenters. The van der Waals surface area contributed by atoms with Crippen molar-refractivity contribution in [2.45, 2.75) is 31.8 Å². The summed E-state index contributed by atoms with van der Waals surface area (Å²) < 4.78 is 25.6. The molecule has 0 aromatic heterocycles. The lowest BCUT2D eigenvalue weighted by molar-refractivity contribution is 0.161. The molecule has 26 heavy (non-hydrogen) atoms. The number of nitrogens with one attached hydrogen (secondary N) is 1. The van der Waals surface area contributed by atoms with Crippen molar-refractivity contribution in [3.05, 3.63) is 60.2 Å². The maximum Gasteiger partial charge on any atom is 0.208 e. The van der Waals surface area contributed by atoms with E-state index in [-0.39, 0.29) is 11.5 Å². The minimum Gasteiger partial charge on any atom is -0.299 e. The summed E-state index contributed by atoms with van der Waals surface area (Å²) in [6, 6.07) is 19.4. The van der Waals surface area contributed by atoms with E-state index in [1.807, 2.05) is 6.07 Å². The number of hydrogen-bond donors (Lipinski definition) is 1. The lowest BCUT2D eigenvalue weighted by Gasteiger charge is -2.33. The van der Waals surface area contributed by atoms with Crippen molar-refractivity contribution in [2.75, 3.05) is 19.3 Å². The molecule has 1 spiro atoms. The quantitative estimate of drug-likeness (QED) is 0.879. The van der Waals surface area contributed by atoms with Crippen LogP contribution in [-0.4, -0.2) is 38.7 Å². The molecule has 1 aliphatic carbocycles. The Hall–Kier alpha value is -1.69. The third-order valence-corrected chi connectivity index (χ3v) is 6.58. The Labute approximate surface area is 156 Å². The van der Waals surface area contributed by atoms with Crippen molar-refractivity contribution >= 4 is 10.0 Å². The molecule has 2 aliphatic rings. The molecule has 1 N–H and O–H groups in total. The highest BCUT2D eigenvalue weighted by molar-refractivity contribution is 7.88. The average Bonchev–Trinajstić information content (AvgIpc) is 3.28. The van der Waals surface area contributed by atoms with Crippen LogP contribution >= 0.6 is 0 Å². The van der Waals surface area contributed by atoms with Crippen LogP contribution in [0.1, 0.15) is 24.8 Å². The second-order valence-electron chi connectivity index (χ2n) is 7.85. The summed E-state index contributed by atoms with van der Waals surface area (Å²) in [5, 5.41) is 0. The maximum absolute atomic E-state index is 11.4. The molecule has 1 heterocycles. The van der Waals surface area contributed by atoms with Crippen LogP contribution in [0.4, 0.5) is 0 Å². The van der Waals surface area contributed by atoms with Crippen molar-refractivity contribution in [1.82, 2.24) is 9.62 Å². The number of rotatable bonds is 5. The summed E-state index contributed by atoms with van der Waals surface area (Å²) in [6.45, 7) is 3.06. The van der Waals surface area contributed by atoms with E-state index in [1.165, 1.54) is 22.9 Å². The van der Waals surface area contributed by atoms with E-state index in [2.05, 4.69) is 58.2 Å². The summed E-state index contributed by atoms with van der Waals surface area (Å²) in [7, 11) is -3.09. The molecule has 1 unspecified atom stereocenters. The van der Waals surface area contributed by atoms with Crippen LogP contribution in [0.3, 0.4) is 0 Å². The van der Waals surface area contributed by atoms with Crippen LogP contribution in [0, 0.1) is 5.41 Å². The molecule has 1 aliphatic heterocycles. The minimum absolute atomic E-state index is 0.157. The predicted octanol–water partition coefficient (Wildman–Crippen LogP) is 3.26. The number of piperidine rings is 1. The Morgan fingerprint density at radius 1 is 1.00 bits per heavy atom. The van der Waals surface area contributed by atoms with Crippen LogP contribution in [0.15, 0.2) is 54.6 Å². The zero-order chi connectivity index (χ0) is 18.2. The SMILES string of the molecule is CS(=O)(=O)NC1CC12CCN(Cc1ccc(-c3ccccc3)cc1)CC2. The first-order valence-corrected chi connectivity index (χ1v) is 11.2. The molecule has 5 heteroatoms. The molecule has 0 bridgehead atoms. The van der Waals surface area contributed by atoms with Crippen molar-refractivity contribution in [3.63, 3.8) is 0 Å². The lowest BCUT2D eigenvalue weighted by atomic mass is 9.92. The molecule has 2 aromatic carbocycles. The largest absolute Gasteiger partial charge is 0.299 e. The number of benzene rings is 2. The van der Waals surface area contributed by atoms with Crippen LogP contribution in [0.25, 0.3) is 11.1 Å². The van der Waals surface area contributed by atoms with Gasteiger partial charge in [0.15, 0.2) is 0 Å². The summed E-state index contributed by atoms with van der Waals surface area (Å²) in [5.74, 6) is 0. The van der Waals surface area contributed by atoms with Crippen LogP contribution in [0.2, 0.25) is 0 Å². The molecular weight excluding hydrogens is 344 g/mol.